The van der Waals surface area contributed by atoms with Crippen LogP contribution in [0.4, 0.5) is 9.59 Å². The molecule has 12 heteroatoms. The fraction of sp³-hybridized carbons (Fsp3) is 0.500. The topological polar surface area (TPSA) is 136 Å². The molecule has 2 amide bonds. The maximum Gasteiger partial charge on any atom is 0.492 e. The van der Waals surface area contributed by atoms with E-state index in [2.05, 4.69) is 10.6 Å². The summed E-state index contributed by atoms with van der Waals surface area (Å²) in [5.74, 6) is 0. The lowest BCUT2D eigenvalue weighted by Crippen LogP contribution is -2.41. The minimum atomic E-state index is -0.945. The maximum absolute atomic E-state index is 11.8. The molecule has 0 aliphatic carbocycles. The second-order valence-corrected chi connectivity index (χ2v) is 11.9. The molecular formula is C28H40B2N2O8. The minimum absolute atomic E-state index is 0.303. The van der Waals surface area contributed by atoms with Gasteiger partial charge >= 0.3 is 26.4 Å². The van der Waals surface area contributed by atoms with E-state index in [1.165, 1.54) is 0 Å². The van der Waals surface area contributed by atoms with Gasteiger partial charge in [0.2, 0.25) is 0 Å². The Hall–Kier alpha value is -3.05. The summed E-state index contributed by atoms with van der Waals surface area (Å²) in [6.07, 6.45) is -1.75. The lowest BCUT2D eigenvalue weighted by molar-refractivity contribution is 0.0442. The van der Waals surface area contributed by atoms with Crippen LogP contribution in [0.1, 0.15) is 78.7 Å². The summed E-state index contributed by atoms with van der Waals surface area (Å²) in [7, 11) is -1.89. The number of ether oxygens (including phenoxy) is 2. The van der Waals surface area contributed by atoms with E-state index in [4.69, 9.17) is 18.8 Å². The zero-order valence-corrected chi connectivity index (χ0v) is 24.4. The molecule has 0 bridgehead atoms. The molecule has 0 aromatic heterocycles. The van der Waals surface area contributed by atoms with Crippen molar-refractivity contribution in [1.29, 1.82) is 0 Å². The zero-order chi connectivity index (χ0) is 29.8. The summed E-state index contributed by atoms with van der Waals surface area (Å²) in [5.41, 5.74) is 2.19. The van der Waals surface area contributed by atoms with Crippen LogP contribution in [-0.4, -0.2) is 59.8 Å². The van der Waals surface area contributed by atoms with E-state index in [1.807, 2.05) is 104 Å². The highest BCUT2D eigenvalue weighted by molar-refractivity contribution is 6.62. The minimum Gasteiger partial charge on any atom is -0.444 e. The first-order chi connectivity index (χ1) is 18.6. The molecule has 216 valence electrons. The van der Waals surface area contributed by atoms with Gasteiger partial charge in [-0.3, -0.25) is 0 Å². The lowest BCUT2D eigenvalue weighted by atomic mass is 9.79. The van der Waals surface area contributed by atoms with E-state index in [1.54, 1.807) is 0 Å². The number of fused-ring (bicyclic) bond motifs is 2. The molecule has 10 nitrogen and oxygen atoms in total. The van der Waals surface area contributed by atoms with Gasteiger partial charge in [0.15, 0.2) is 0 Å². The van der Waals surface area contributed by atoms with E-state index in [0.717, 1.165) is 22.1 Å². The Morgan fingerprint density at radius 2 is 1.05 bits per heavy atom. The number of hydrogen-bond acceptors (Lipinski definition) is 8. The highest BCUT2D eigenvalue weighted by Gasteiger charge is 2.39. The quantitative estimate of drug-likeness (QED) is 0.424. The van der Waals surface area contributed by atoms with Crippen molar-refractivity contribution in [3.05, 3.63) is 59.7 Å². The van der Waals surface area contributed by atoms with Crippen LogP contribution in [0.15, 0.2) is 48.5 Å². The molecule has 2 aromatic rings. The van der Waals surface area contributed by atoms with E-state index >= 15 is 0 Å². The third-order valence-electron chi connectivity index (χ3n) is 6.09. The molecule has 4 rings (SSSR count). The highest BCUT2D eigenvalue weighted by atomic mass is 16.6. The van der Waals surface area contributed by atoms with Crippen molar-refractivity contribution in [3.63, 3.8) is 0 Å². The summed E-state index contributed by atoms with van der Waals surface area (Å²) < 4.78 is 21.4. The van der Waals surface area contributed by atoms with Crippen molar-refractivity contribution in [3.8, 4) is 0 Å². The van der Waals surface area contributed by atoms with Crippen molar-refractivity contribution in [2.45, 2.75) is 90.9 Å². The van der Waals surface area contributed by atoms with Gasteiger partial charge in [-0.2, -0.15) is 0 Å². The van der Waals surface area contributed by atoms with Crippen molar-refractivity contribution < 1.29 is 38.4 Å². The SMILES string of the molecule is CC(NC(=O)OC(C)(C)C)C1OB(O)c2ccccc21.CC(NC(=O)OC(C)(C)C)C1OB(O)c2ccccc21. The third-order valence-corrected chi connectivity index (χ3v) is 6.09. The predicted octanol–water partition coefficient (Wildman–Crippen LogP) is 2.72. The number of hydrogen-bond donors (Lipinski definition) is 4. The first-order valence-electron chi connectivity index (χ1n) is 13.4. The number of carbonyl (C=O) groups is 2. The number of benzene rings is 2. The Labute approximate surface area is 237 Å². The van der Waals surface area contributed by atoms with Crippen LogP contribution in [0.25, 0.3) is 0 Å². The molecule has 0 saturated heterocycles. The Kier molecular flexibility index (Phi) is 9.94. The van der Waals surface area contributed by atoms with Crippen LogP contribution in [0, 0.1) is 0 Å². The van der Waals surface area contributed by atoms with Gasteiger partial charge in [-0.1, -0.05) is 48.5 Å². The summed E-state index contributed by atoms with van der Waals surface area (Å²) in [5, 5.41) is 25.2. The van der Waals surface area contributed by atoms with Crippen molar-refractivity contribution in [1.82, 2.24) is 10.6 Å². The van der Waals surface area contributed by atoms with Crippen LogP contribution < -0.4 is 21.6 Å². The maximum atomic E-state index is 11.8. The Bertz CT molecular complexity index is 1090. The molecule has 2 aliphatic heterocycles. The monoisotopic (exact) mass is 554 g/mol. The van der Waals surface area contributed by atoms with E-state index < -0.39 is 37.6 Å². The number of rotatable bonds is 4. The average Bonchev–Trinajstić information content (AvgIpc) is 3.35. The third kappa shape index (κ3) is 8.47. The van der Waals surface area contributed by atoms with Crippen LogP contribution in [0.5, 0.6) is 0 Å². The van der Waals surface area contributed by atoms with Crippen LogP contribution in [0.3, 0.4) is 0 Å². The lowest BCUT2D eigenvalue weighted by Gasteiger charge is -2.25. The van der Waals surface area contributed by atoms with Gasteiger partial charge in [0.05, 0.1) is 24.3 Å². The summed E-state index contributed by atoms with van der Waals surface area (Å²) >= 11 is 0. The van der Waals surface area contributed by atoms with Crippen molar-refractivity contribution >= 4 is 37.3 Å². The Morgan fingerprint density at radius 1 is 0.725 bits per heavy atom. The largest absolute Gasteiger partial charge is 0.492 e. The molecule has 4 N–H and O–H groups in total. The number of nitrogens with one attached hydrogen (secondary N) is 2. The van der Waals surface area contributed by atoms with Gasteiger partial charge in [-0.25, -0.2) is 9.59 Å². The molecule has 0 spiro atoms. The predicted molar refractivity (Wildman–Crippen MR) is 153 cm³/mol. The highest BCUT2D eigenvalue weighted by Crippen LogP contribution is 2.27. The Balaban J connectivity index is 0.000000220. The molecule has 4 atom stereocenters. The van der Waals surface area contributed by atoms with Gasteiger partial charge in [0.1, 0.15) is 11.2 Å². The van der Waals surface area contributed by atoms with E-state index in [-0.39, 0.29) is 24.3 Å². The van der Waals surface area contributed by atoms with Gasteiger partial charge in [0, 0.05) is 0 Å². The normalized spacial score (nSPS) is 19.4. The van der Waals surface area contributed by atoms with Gasteiger partial charge < -0.3 is 39.5 Å². The molecule has 2 heterocycles. The second kappa shape index (κ2) is 12.6. The Morgan fingerprint density at radius 3 is 1.38 bits per heavy atom. The standard InChI is InChI=1S/2C14H20BNO4/c2*1-9(16-13(17)19-14(2,3)4)12-10-7-5-6-8-11(10)15(18)20-12/h2*5-9,12,18H,1-4H3,(H,16,17). The van der Waals surface area contributed by atoms with Gasteiger partial charge in [0.25, 0.3) is 0 Å². The fourth-order valence-electron chi connectivity index (χ4n) is 4.47. The average molecular weight is 554 g/mol. The van der Waals surface area contributed by atoms with E-state index in [9.17, 15) is 19.6 Å². The first kappa shape index (κ1) is 31.5. The summed E-state index contributed by atoms with van der Waals surface area (Å²) in [6, 6.07) is 14.3. The van der Waals surface area contributed by atoms with Gasteiger partial charge in [-0.15, -0.1) is 0 Å². The van der Waals surface area contributed by atoms with Crippen LogP contribution in [-0.2, 0) is 18.8 Å². The summed E-state index contributed by atoms with van der Waals surface area (Å²) in [4.78, 5) is 23.5. The number of carbonyl (C=O) groups excluding carboxylic acids is 2. The molecule has 2 aromatic carbocycles. The van der Waals surface area contributed by atoms with Gasteiger partial charge in [-0.05, 0) is 77.4 Å². The van der Waals surface area contributed by atoms with E-state index in [0.29, 0.717) is 0 Å². The molecular weight excluding hydrogens is 514 g/mol. The molecule has 0 fully saturated rings. The van der Waals surface area contributed by atoms with Crippen molar-refractivity contribution in [2.75, 3.05) is 0 Å². The smallest absolute Gasteiger partial charge is 0.444 e. The zero-order valence-electron chi connectivity index (χ0n) is 24.4. The molecule has 0 radical (unpaired) electrons. The molecule has 4 unspecified atom stereocenters. The first-order valence-corrected chi connectivity index (χ1v) is 13.4. The van der Waals surface area contributed by atoms with Crippen molar-refractivity contribution in [2.24, 2.45) is 0 Å². The fourth-order valence-corrected chi connectivity index (χ4v) is 4.47. The second-order valence-electron chi connectivity index (χ2n) is 11.9. The molecule has 2 aliphatic rings. The molecule has 0 saturated carbocycles. The van der Waals surface area contributed by atoms with Crippen LogP contribution in [0.2, 0.25) is 0 Å². The number of alkyl carbamates (subject to hydrolysis) is 2. The molecule has 40 heavy (non-hydrogen) atoms. The van der Waals surface area contributed by atoms with Crippen LogP contribution >= 0.6 is 0 Å². The summed E-state index contributed by atoms with van der Waals surface area (Å²) in [6.45, 7) is 14.5. The number of amides is 2.